The van der Waals surface area contributed by atoms with E-state index >= 15 is 0 Å². The van der Waals surface area contributed by atoms with Gasteiger partial charge in [0.25, 0.3) is 0 Å². The second kappa shape index (κ2) is 6.07. The number of nitrogens with two attached hydrogens (primary N) is 1. The van der Waals surface area contributed by atoms with Crippen molar-refractivity contribution in [1.29, 1.82) is 0 Å². The molecule has 1 aromatic rings. The van der Waals surface area contributed by atoms with E-state index in [-0.39, 0.29) is 6.04 Å². The van der Waals surface area contributed by atoms with Crippen molar-refractivity contribution in [3.63, 3.8) is 0 Å². The van der Waals surface area contributed by atoms with Gasteiger partial charge in [-0.05, 0) is 62.8 Å². The van der Waals surface area contributed by atoms with Gasteiger partial charge in [0.2, 0.25) is 10.0 Å². The molecule has 21 heavy (non-hydrogen) atoms. The Bertz CT molecular complexity index is 612. The molecule has 1 fully saturated rings. The molecular formula is C16H26N2O2S. The van der Waals surface area contributed by atoms with Crippen molar-refractivity contribution >= 4 is 10.0 Å². The largest absolute Gasteiger partial charge is 0.329 e. The highest BCUT2D eigenvalue weighted by molar-refractivity contribution is 7.89. The lowest BCUT2D eigenvalue weighted by Gasteiger charge is -2.35. The Morgan fingerprint density at radius 2 is 1.71 bits per heavy atom. The predicted octanol–water partition coefficient (Wildman–Crippen LogP) is 2.42. The van der Waals surface area contributed by atoms with E-state index in [0.29, 0.717) is 18.0 Å². The summed E-state index contributed by atoms with van der Waals surface area (Å²) in [5, 5.41) is 0. The Hall–Kier alpha value is -0.910. The smallest absolute Gasteiger partial charge is 0.243 e. The number of hydrogen-bond donors (Lipinski definition) is 1. The minimum absolute atomic E-state index is 0.0663. The third kappa shape index (κ3) is 2.87. The van der Waals surface area contributed by atoms with Crippen LogP contribution in [0.2, 0.25) is 0 Å². The topological polar surface area (TPSA) is 63.4 Å². The molecule has 1 unspecified atom stereocenters. The maximum atomic E-state index is 13.2. The summed E-state index contributed by atoms with van der Waals surface area (Å²) in [6.07, 6.45) is 2.83. The number of hydrogen-bond acceptors (Lipinski definition) is 3. The van der Waals surface area contributed by atoms with E-state index in [0.717, 1.165) is 41.5 Å². The van der Waals surface area contributed by atoms with E-state index in [1.165, 1.54) is 0 Å². The number of piperidine rings is 1. The van der Waals surface area contributed by atoms with Crippen LogP contribution in [0.4, 0.5) is 0 Å². The first-order chi connectivity index (χ1) is 9.80. The molecule has 1 saturated heterocycles. The van der Waals surface area contributed by atoms with E-state index in [1.54, 1.807) is 4.31 Å². The summed E-state index contributed by atoms with van der Waals surface area (Å²) < 4.78 is 28.0. The molecule has 4 nitrogen and oxygen atoms in total. The number of rotatable bonds is 3. The first kappa shape index (κ1) is 16.5. The molecule has 1 heterocycles. The lowest BCUT2D eigenvalue weighted by atomic mass is 10.0. The molecule has 1 atom stereocenters. The molecule has 1 aliphatic rings. The number of benzene rings is 1. The molecule has 2 rings (SSSR count). The molecule has 5 heteroatoms. The van der Waals surface area contributed by atoms with Crippen LogP contribution in [0.25, 0.3) is 0 Å². The van der Waals surface area contributed by atoms with Crippen LogP contribution < -0.4 is 5.73 Å². The normalized spacial score (nSPS) is 20.7. The third-order valence-corrected chi connectivity index (χ3v) is 6.94. The van der Waals surface area contributed by atoms with Gasteiger partial charge in [-0.15, -0.1) is 0 Å². The van der Waals surface area contributed by atoms with E-state index in [2.05, 4.69) is 6.07 Å². The fraction of sp³-hybridized carbons (Fsp3) is 0.625. The van der Waals surface area contributed by atoms with Gasteiger partial charge < -0.3 is 5.73 Å². The number of sulfonamides is 1. The molecular weight excluding hydrogens is 284 g/mol. The molecule has 0 aromatic heterocycles. The second-order valence-corrected chi connectivity index (χ2v) is 7.92. The van der Waals surface area contributed by atoms with E-state index < -0.39 is 10.0 Å². The van der Waals surface area contributed by atoms with Crippen LogP contribution in [0.15, 0.2) is 11.0 Å². The molecule has 118 valence electrons. The van der Waals surface area contributed by atoms with Crippen molar-refractivity contribution in [3.8, 4) is 0 Å². The van der Waals surface area contributed by atoms with Crippen molar-refractivity contribution < 1.29 is 8.42 Å². The molecule has 0 spiro atoms. The van der Waals surface area contributed by atoms with Gasteiger partial charge in [-0.2, -0.15) is 4.31 Å². The van der Waals surface area contributed by atoms with Crippen LogP contribution in [0.1, 0.15) is 41.5 Å². The van der Waals surface area contributed by atoms with Crippen LogP contribution in [0.5, 0.6) is 0 Å². The lowest BCUT2D eigenvalue weighted by molar-refractivity contribution is 0.257. The summed E-state index contributed by atoms with van der Waals surface area (Å²) in [5.41, 5.74) is 9.57. The zero-order chi connectivity index (χ0) is 15.8. The minimum Gasteiger partial charge on any atom is -0.329 e. The standard InChI is InChI=1S/C16H26N2O2S/c1-11-9-12(2)14(4)16(13(11)3)21(19,20)18-8-6-5-7-15(18)10-17/h9,15H,5-8,10,17H2,1-4H3. The molecule has 2 N–H and O–H groups in total. The quantitative estimate of drug-likeness (QED) is 0.932. The number of nitrogens with zero attached hydrogens (tertiary/aromatic N) is 1. The summed E-state index contributed by atoms with van der Waals surface area (Å²) in [4.78, 5) is 0.486. The summed E-state index contributed by atoms with van der Waals surface area (Å²) in [7, 11) is -3.48. The highest BCUT2D eigenvalue weighted by atomic mass is 32.2. The fourth-order valence-corrected chi connectivity index (χ4v) is 5.49. The van der Waals surface area contributed by atoms with Gasteiger partial charge in [-0.3, -0.25) is 0 Å². The Morgan fingerprint density at radius 1 is 1.14 bits per heavy atom. The van der Waals surface area contributed by atoms with E-state index in [4.69, 9.17) is 5.73 Å². The lowest BCUT2D eigenvalue weighted by Crippen LogP contribution is -2.47. The monoisotopic (exact) mass is 310 g/mol. The predicted molar refractivity (Wildman–Crippen MR) is 86.0 cm³/mol. The van der Waals surface area contributed by atoms with Crippen LogP contribution in [-0.2, 0) is 10.0 Å². The number of aryl methyl sites for hydroxylation is 2. The average molecular weight is 310 g/mol. The fourth-order valence-electron chi connectivity index (χ4n) is 3.21. The van der Waals surface area contributed by atoms with Crippen LogP contribution in [0.3, 0.4) is 0 Å². The van der Waals surface area contributed by atoms with Gasteiger partial charge in [0, 0.05) is 19.1 Å². The molecule has 0 saturated carbocycles. The third-order valence-electron chi connectivity index (χ3n) is 4.71. The van der Waals surface area contributed by atoms with Gasteiger partial charge in [-0.25, -0.2) is 8.42 Å². The maximum absolute atomic E-state index is 13.2. The molecule has 1 aliphatic heterocycles. The van der Waals surface area contributed by atoms with Gasteiger partial charge in [-0.1, -0.05) is 12.5 Å². The van der Waals surface area contributed by atoms with Crippen molar-refractivity contribution in [2.45, 2.75) is 57.9 Å². The molecule has 0 radical (unpaired) electrons. The maximum Gasteiger partial charge on any atom is 0.243 e. The zero-order valence-electron chi connectivity index (χ0n) is 13.4. The molecule has 0 bridgehead atoms. The van der Waals surface area contributed by atoms with E-state index in [1.807, 2.05) is 27.7 Å². The van der Waals surface area contributed by atoms with Crippen molar-refractivity contribution in [2.24, 2.45) is 5.73 Å². The van der Waals surface area contributed by atoms with Crippen LogP contribution in [-0.4, -0.2) is 31.9 Å². The Morgan fingerprint density at radius 3 is 2.24 bits per heavy atom. The molecule has 1 aromatic carbocycles. The van der Waals surface area contributed by atoms with Gasteiger partial charge >= 0.3 is 0 Å². The minimum atomic E-state index is -3.48. The first-order valence-corrected chi connectivity index (χ1v) is 9.04. The highest BCUT2D eigenvalue weighted by Crippen LogP contribution is 2.31. The van der Waals surface area contributed by atoms with Gasteiger partial charge in [0.05, 0.1) is 4.90 Å². The van der Waals surface area contributed by atoms with Gasteiger partial charge in [0.15, 0.2) is 0 Å². The van der Waals surface area contributed by atoms with Crippen molar-refractivity contribution in [2.75, 3.05) is 13.1 Å². The van der Waals surface area contributed by atoms with Crippen LogP contribution >= 0.6 is 0 Å². The second-order valence-electron chi connectivity index (χ2n) is 6.09. The summed E-state index contributed by atoms with van der Waals surface area (Å²) >= 11 is 0. The summed E-state index contributed by atoms with van der Waals surface area (Å²) in [6, 6.07) is 1.99. The summed E-state index contributed by atoms with van der Waals surface area (Å²) in [6.45, 7) is 8.71. The van der Waals surface area contributed by atoms with E-state index in [9.17, 15) is 8.42 Å². The molecule has 0 amide bonds. The molecule has 0 aliphatic carbocycles. The first-order valence-electron chi connectivity index (χ1n) is 7.60. The SMILES string of the molecule is Cc1cc(C)c(C)c(S(=O)(=O)N2CCCCC2CN)c1C. The highest BCUT2D eigenvalue weighted by Gasteiger charge is 2.35. The Kier molecular flexibility index (Phi) is 4.76. The van der Waals surface area contributed by atoms with Crippen LogP contribution in [0, 0.1) is 27.7 Å². The average Bonchev–Trinajstić information content (AvgIpc) is 2.45. The zero-order valence-corrected chi connectivity index (χ0v) is 14.3. The van der Waals surface area contributed by atoms with Crippen molar-refractivity contribution in [3.05, 3.63) is 28.3 Å². The summed E-state index contributed by atoms with van der Waals surface area (Å²) in [5.74, 6) is 0. The Labute approximate surface area is 128 Å². The Balaban J connectivity index is 2.59. The van der Waals surface area contributed by atoms with Gasteiger partial charge in [0.1, 0.15) is 0 Å². The van der Waals surface area contributed by atoms with Crippen molar-refractivity contribution in [1.82, 2.24) is 4.31 Å².